The molecule has 7 nitrogen and oxygen atoms in total. The van der Waals surface area contributed by atoms with Gasteiger partial charge in [0.2, 0.25) is 11.8 Å². The summed E-state index contributed by atoms with van der Waals surface area (Å²) >= 11 is 6.06. The first kappa shape index (κ1) is 32.7. The second-order valence-electron chi connectivity index (χ2n) is 10.5. The highest BCUT2D eigenvalue weighted by molar-refractivity contribution is 7.92. The Morgan fingerprint density at radius 3 is 2.00 bits per heavy atom. The van der Waals surface area contributed by atoms with Crippen LogP contribution in [0, 0.1) is 5.82 Å². The molecule has 0 aromatic heterocycles. The average molecular weight is 636 g/mol. The number of nitrogens with zero attached hydrogens (tertiary/aromatic N) is 2. The molecule has 0 heterocycles. The van der Waals surface area contributed by atoms with E-state index in [0.717, 1.165) is 21.5 Å². The molecule has 44 heavy (non-hydrogen) atoms. The van der Waals surface area contributed by atoms with Crippen molar-refractivity contribution < 1.29 is 22.4 Å². The molecule has 10 heteroatoms. The second-order valence-corrected chi connectivity index (χ2v) is 12.7. The van der Waals surface area contributed by atoms with Gasteiger partial charge >= 0.3 is 0 Å². The minimum absolute atomic E-state index is 0.0110. The molecule has 2 amide bonds. The van der Waals surface area contributed by atoms with E-state index >= 15 is 0 Å². The van der Waals surface area contributed by atoms with Crippen molar-refractivity contribution in [2.45, 2.75) is 50.2 Å². The van der Waals surface area contributed by atoms with E-state index in [4.69, 9.17) is 11.6 Å². The standard InChI is InChI=1S/C34H35ClFN3O4S/c1-3-25(2)37-34(41)32(21-26-13-7-4-8-14-26)38(23-27-15-9-5-10-16-27)33(40)24-39(28-19-20-31(36)30(35)22-28)44(42,43)29-17-11-6-12-18-29/h4-20,22,25,32H,3,21,23-24H2,1-2H3,(H,37,41)/t25-,32-/m0/s1. The zero-order valence-corrected chi connectivity index (χ0v) is 26.1. The summed E-state index contributed by atoms with van der Waals surface area (Å²) in [6, 6.07) is 28.5. The van der Waals surface area contributed by atoms with Crippen molar-refractivity contribution in [1.29, 1.82) is 0 Å². The molecule has 4 rings (SSSR count). The molecular formula is C34H35ClFN3O4S. The number of hydrogen-bond donors (Lipinski definition) is 1. The Kier molecular flexibility index (Phi) is 11.1. The van der Waals surface area contributed by atoms with Crippen molar-refractivity contribution in [2.75, 3.05) is 10.8 Å². The Bertz CT molecular complexity index is 1660. The summed E-state index contributed by atoms with van der Waals surface area (Å²) in [6.07, 6.45) is 0.889. The van der Waals surface area contributed by atoms with Gasteiger partial charge in [0.25, 0.3) is 10.0 Å². The molecule has 0 saturated carbocycles. The minimum Gasteiger partial charge on any atom is -0.352 e. The summed E-state index contributed by atoms with van der Waals surface area (Å²) < 4.78 is 43.0. The van der Waals surface area contributed by atoms with E-state index in [1.165, 1.54) is 29.2 Å². The summed E-state index contributed by atoms with van der Waals surface area (Å²) in [7, 11) is -4.31. The number of rotatable bonds is 13. The quantitative estimate of drug-likeness (QED) is 0.189. The zero-order chi connectivity index (χ0) is 31.7. The van der Waals surface area contributed by atoms with Gasteiger partial charge in [-0.1, -0.05) is 97.4 Å². The molecule has 0 aliphatic heterocycles. The molecular weight excluding hydrogens is 601 g/mol. The van der Waals surface area contributed by atoms with Gasteiger partial charge < -0.3 is 10.2 Å². The number of carbonyl (C=O) groups is 2. The number of amides is 2. The number of nitrogens with one attached hydrogen (secondary N) is 1. The van der Waals surface area contributed by atoms with Crippen molar-refractivity contribution in [3.05, 3.63) is 131 Å². The molecule has 0 spiro atoms. The van der Waals surface area contributed by atoms with E-state index in [1.807, 2.05) is 74.5 Å². The third-order valence-corrected chi connectivity index (χ3v) is 9.35. The van der Waals surface area contributed by atoms with Crippen molar-refractivity contribution in [2.24, 2.45) is 0 Å². The second kappa shape index (κ2) is 15.0. The first-order chi connectivity index (χ1) is 21.1. The lowest BCUT2D eigenvalue weighted by Gasteiger charge is -2.34. The van der Waals surface area contributed by atoms with Crippen LogP contribution in [0.5, 0.6) is 0 Å². The smallest absolute Gasteiger partial charge is 0.264 e. The molecule has 1 N–H and O–H groups in total. The van der Waals surface area contributed by atoms with E-state index in [9.17, 15) is 22.4 Å². The van der Waals surface area contributed by atoms with Crippen molar-refractivity contribution >= 4 is 39.1 Å². The van der Waals surface area contributed by atoms with Crippen LogP contribution in [-0.4, -0.2) is 43.8 Å². The molecule has 0 unspecified atom stereocenters. The van der Waals surface area contributed by atoms with Crippen molar-refractivity contribution in [3.63, 3.8) is 0 Å². The highest BCUT2D eigenvalue weighted by Gasteiger charge is 2.35. The molecule has 4 aromatic rings. The van der Waals surface area contributed by atoms with Crippen molar-refractivity contribution in [3.8, 4) is 0 Å². The van der Waals surface area contributed by atoms with Crippen LogP contribution in [0.2, 0.25) is 5.02 Å². The number of anilines is 1. The maximum atomic E-state index is 14.4. The molecule has 230 valence electrons. The first-order valence-corrected chi connectivity index (χ1v) is 16.1. The number of carbonyl (C=O) groups excluding carboxylic acids is 2. The van der Waals surface area contributed by atoms with E-state index in [0.29, 0.717) is 6.42 Å². The van der Waals surface area contributed by atoms with Gasteiger partial charge in [-0.15, -0.1) is 0 Å². The largest absolute Gasteiger partial charge is 0.352 e. The van der Waals surface area contributed by atoms with Gasteiger partial charge in [0.15, 0.2) is 0 Å². The van der Waals surface area contributed by atoms with Gasteiger partial charge in [0.1, 0.15) is 18.4 Å². The Hall–Kier alpha value is -4.21. The lowest BCUT2D eigenvalue weighted by Crippen LogP contribution is -2.54. The Balaban J connectivity index is 1.80. The van der Waals surface area contributed by atoms with E-state index in [1.54, 1.807) is 18.2 Å². The number of hydrogen-bond acceptors (Lipinski definition) is 4. The monoisotopic (exact) mass is 635 g/mol. The van der Waals surface area contributed by atoms with Crippen LogP contribution < -0.4 is 9.62 Å². The number of sulfonamides is 1. The highest BCUT2D eigenvalue weighted by atomic mass is 35.5. The van der Waals surface area contributed by atoms with Crippen LogP contribution in [0.4, 0.5) is 10.1 Å². The van der Waals surface area contributed by atoms with Crippen molar-refractivity contribution in [1.82, 2.24) is 10.2 Å². The number of benzene rings is 4. The lowest BCUT2D eigenvalue weighted by atomic mass is 10.0. The third kappa shape index (κ3) is 8.24. The fourth-order valence-electron chi connectivity index (χ4n) is 4.66. The summed E-state index contributed by atoms with van der Waals surface area (Å²) in [6.45, 7) is 3.22. The Labute approximate surface area is 263 Å². The van der Waals surface area contributed by atoms with Gasteiger partial charge in [-0.05, 0) is 54.8 Å². The summed E-state index contributed by atoms with van der Waals surface area (Å²) in [4.78, 5) is 29.6. The molecule has 0 fully saturated rings. The molecule has 0 aliphatic rings. The zero-order valence-electron chi connectivity index (χ0n) is 24.6. The maximum Gasteiger partial charge on any atom is 0.264 e. The molecule has 2 atom stereocenters. The fraction of sp³-hybridized carbons (Fsp3) is 0.235. The fourth-order valence-corrected chi connectivity index (χ4v) is 6.27. The summed E-state index contributed by atoms with van der Waals surface area (Å²) in [5, 5.41) is 2.71. The van der Waals surface area contributed by atoms with E-state index in [2.05, 4.69) is 5.32 Å². The average Bonchev–Trinajstić information content (AvgIpc) is 3.04. The molecule has 0 aliphatic carbocycles. The molecule has 4 aromatic carbocycles. The first-order valence-electron chi connectivity index (χ1n) is 14.3. The van der Waals surface area contributed by atoms with Crippen LogP contribution in [0.15, 0.2) is 114 Å². The molecule has 0 saturated heterocycles. The Morgan fingerprint density at radius 2 is 1.43 bits per heavy atom. The van der Waals surface area contributed by atoms with Crippen LogP contribution in [0.3, 0.4) is 0 Å². The summed E-state index contributed by atoms with van der Waals surface area (Å²) in [5.74, 6) is -1.70. The van der Waals surface area contributed by atoms with Crippen LogP contribution in [-0.2, 0) is 32.6 Å². The van der Waals surface area contributed by atoms with Gasteiger partial charge in [-0.25, -0.2) is 12.8 Å². The van der Waals surface area contributed by atoms with Gasteiger partial charge in [0, 0.05) is 19.0 Å². The predicted octanol–water partition coefficient (Wildman–Crippen LogP) is 6.23. The van der Waals surface area contributed by atoms with Crippen LogP contribution in [0.25, 0.3) is 0 Å². The minimum atomic E-state index is -4.31. The predicted molar refractivity (Wildman–Crippen MR) is 171 cm³/mol. The third-order valence-electron chi connectivity index (χ3n) is 7.27. The summed E-state index contributed by atoms with van der Waals surface area (Å²) in [5.41, 5.74) is 1.61. The highest BCUT2D eigenvalue weighted by Crippen LogP contribution is 2.28. The molecule has 0 radical (unpaired) electrons. The maximum absolute atomic E-state index is 14.4. The van der Waals surface area contributed by atoms with Gasteiger partial charge in [0.05, 0.1) is 15.6 Å². The van der Waals surface area contributed by atoms with Crippen LogP contribution >= 0.6 is 11.6 Å². The van der Waals surface area contributed by atoms with Gasteiger partial charge in [-0.3, -0.25) is 13.9 Å². The van der Waals surface area contributed by atoms with E-state index in [-0.39, 0.29) is 40.5 Å². The lowest BCUT2D eigenvalue weighted by molar-refractivity contribution is -0.140. The Morgan fingerprint density at radius 1 is 0.864 bits per heavy atom. The molecule has 0 bridgehead atoms. The SMILES string of the molecule is CC[C@H](C)NC(=O)[C@H](Cc1ccccc1)N(Cc1ccccc1)C(=O)CN(c1ccc(F)c(Cl)c1)S(=O)(=O)c1ccccc1. The topological polar surface area (TPSA) is 86.8 Å². The number of halogens is 2. The normalized spacial score (nSPS) is 12.6. The van der Waals surface area contributed by atoms with Crippen LogP contribution in [0.1, 0.15) is 31.4 Å². The van der Waals surface area contributed by atoms with Gasteiger partial charge in [-0.2, -0.15) is 0 Å². The van der Waals surface area contributed by atoms with E-state index < -0.39 is 34.3 Å².